The lowest BCUT2D eigenvalue weighted by atomic mass is 10.0. The van der Waals surface area contributed by atoms with Crippen molar-refractivity contribution < 1.29 is 4.39 Å². The van der Waals surface area contributed by atoms with Crippen molar-refractivity contribution in [1.82, 2.24) is 5.32 Å². The van der Waals surface area contributed by atoms with Crippen LogP contribution >= 0.6 is 15.9 Å². The van der Waals surface area contributed by atoms with Crippen molar-refractivity contribution in [2.24, 2.45) is 0 Å². The second-order valence-electron chi connectivity index (χ2n) is 4.95. The summed E-state index contributed by atoms with van der Waals surface area (Å²) >= 11 is 3.39. The van der Waals surface area contributed by atoms with Crippen LogP contribution in [0.5, 0.6) is 0 Å². The van der Waals surface area contributed by atoms with Crippen LogP contribution in [0.1, 0.15) is 58.1 Å². The van der Waals surface area contributed by atoms with Crippen molar-refractivity contribution in [2.45, 2.75) is 58.5 Å². The van der Waals surface area contributed by atoms with Crippen LogP contribution in [0.15, 0.2) is 22.7 Å². The Morgan fingerprint density at radius 2 is 2.00 bits per heavy atom. The molecule has 0 fully saturated rings. The maximum absolute atomic E-state index is 13.7. The van der Waals surface area contributed by atoms with Crippen molar-refractivity contribution in [3.8, 4) is 0 Å². The smallest absolute Gasteiger partial charge is 0.128 e. The molecule has 1 aromatic carbocycles. The van der Waals surface area contributed by atoms with Gasteiger partial charge in [-0.1, -0.05) is 42.1 Å². The Bertz CT molecular complexity index is 368. The molecule has 0 spiro atoms. The lowest BCUT2D eigenvalue weighted by Crippen LogP contribution is -2.29. The van der Waals surface area contributed by atoms with Crippen molar-refractivity contribution in [3.05, 3.63) is 34.1 Å². The van der Waals surface area contributed by atoms with E-state index in [1.54, 1.807) is 6.07 Å². The van der Waals surface area contributed by atoms with Gasteiger partial charge in [-0.15, -0.1) is 0 Å². The predicted octanol–water partition coefficient (Wildman–Crippen LogP) is 5.21. The van der Waals surface area contributed by atoms with Crippen molar-refractivity contribution in [2.75, 3.05) is 0 Å². The van der Waals surface area contributed by atoms with Crippen LogP contribution in [0.4, 0.5) is 4.39 Å². The summed E-state index contributed by atoms with van der Waals surface area (Å²) < 4.78 is 14.6. The molecule has 2 atom stereocenters. The van der Waals surface area contributed by atoms with Gasteiger partial charge in [0.05, 0.1) is 0 Å². The van der Waals surface area contributed by atoms with E-state index < -0.39 is 0 Å². The Morgan fingerprint density at radius 1 is 1.28 bits per heavy atom. The highest BCUT2D eigenvalue weighted by molar-refractivity contribution is 9.10. The topological polar surface area (TPSA) is 12.0 Å². The first-order valence-corrected chi connectivity index (χ1v) is 7.55. The zero-order valence-corrected chi connectivity index (χ0v) is 13.1. The number of hydrogen-bond donors (Lipinski definition) is 1. The number of benzene rings is 1. The third-order valence-electron chi connectivity index (χ3n) is 3.20. The van der Waals surface area contributed by atoms with E-state index in [4.69, 9.17) is 0 Å². The normalized spacial score (nSPS) is 14.5. The molecular weight excluding hydrogens is 293 g/mol. The Kier molecular flexibility index (Phi) is 6.87. The van der Waals surface area contributed by atoms with E-state index >= 15 is 0 Å². The molecule has 102 valence electrons. The summed E-state index contributed by atoms with van der Waals surface area (Å²) in [5.74, 6) is -0.140. The molecule has 0 bridgehead atoms. The van der Waals surface area contributed by atoms with Gasteiger partial charge in [0.25, 0.3) is 0 Å². The maximum atomic E-state index is 13.7. The Labute approximate surface area is 118 Å². The van der Waals surface area contributed by atoms with Crippen LogP contribution in [-0.2, 0) is 0 Å². The summed E-state index contributed by atoms with van der Waals surface area (Å²) in [7, 11) is 0. The highest BCUT2D eigenvalue weighted by Crippen LogP contribution is 2.22. The van der Waals surface area contributed by atoms with Crippen LogP contribution in [-0.4, -0.2) is 6.04 Å². The van der Waals surface area contributed by atoms with Gasteiger partial charge < -0.3 is 5.32 Å². The molecule has 0 aliphatic carbocycles. The first kappa shape index (κ1) is 15.6. The van der Waals surface area contributed by atoms with E-state index in [0.29, 0.717) is 6.04 Å². The molecule has 0 heterocycles. The Morgan fingerprint density at radius 3 is 2.67 bits per heavy atom. The van der Waals surface area contributed by atoms with Gasteiger partial charge >= 0.3 is 0 Å². The predicted molar refractivity (Wildman–Crippen MR) is 79.3 cm³/mol. The van der Waals surface area contributed by atoms with E-state index in [9.17, 15) is 4.39 Å². The second-order valence-corrected chi connectivity index (χ2v) is 5.87. The zero-order valence-electron chi connectivity index (χ0n) is 11.5. The van der Waals surface area contributed by atoms with Gasteiger partial charge in [0, 0.05) is 22.1 Å². The van der Waals surface area contributed by atoms with E-state index in [1.165, 1.54) is 25.3 Å². The molecule has 0 saturated heterocycles. The monoisotopic (exact) mass is 315 g/mol. The Balaban J connectivity index is 2.53. The molecular formula is C15H23BrFN. The molecule has 18 heavy (non-hydrogen) atoms. The first-order valence-electron chi connectivity index (χ1n) is 6.75. The number of halogens is 2. The van der Waals surface area contributed by atoms with Crippen LogP contribution in [0.25, 0.3) is 0 Å². The molecule has 1 nitrogen and oxygen atoms in total. The van der Waals surface area contributed by atoms with Gasteiger partial charge in [0.2, 0.25) is 0 Å². The molecule has 0 saturated carbocycles. The summed E-state index contributed by atoms with van der Waals surface area (Å²) in [6, 6.07) is 5.56. The largest absolute Gasteiger partial charge is 0.308 e. The van der Waals surface area contributed by atoms with E-state index in [0.717, 1.165) is 16.5 Å². The molecule has 1 N–H and O–H groups in total. The fourth-order valence-corrected chi connectivity index (χ4v) is 2.53. The number of rotatable bonds is 7. The van der Waals surface area contributed by atoms with Gasteiger partial charge in [0.1, 0.15) is 5.82 Å². The second kappa shape index (κ2) is 7.90. The highest BCUT2D eigenvalue weighted by atomic mass is 79.9. The minimum Gasteiger partial charge on any atom is -0.308 e. The molecule has 0 aliphatic rings. The zero-order chi connectivity index (χ0) is 13.5. The SMILES string of the molecule is CCCCCC(C)NC(C)c1cc(Br)ccc1F. The number of nitrogens with one attached hydrogen (secondary N) is 1. The summed E-state index contributed by atoms with van der Waals surface area (Å²) in [5, 5.41) is 3.46. The summed E-state index contributed by atoms with van der Waals surface area (Å²) in [6.45, 7) is 6.39. The minimum absolute atomic E-state index is 0.0409. The Hall–Kier alpha value is -0.410. The van der Waals surface area contributed by atoms with Crippen LogP contribution in [0.2, 0.25) is 0 Å². The van der Waals surface area contributed by atoms with E-state index in [2.05, 4.69) is 35.1 Å². The number of hydrogen-bond acceptors (Lipinski definition) is 1. The molecule has 3 heteroatoms. The fraction of sp³-hybridized carbons (Fsp3) is 0.600. The molecule has 2 unspecified atom stereocenters. The summed E-state index contributed by atoms with van der Waals surface area (Å²) in [5.41, 5.74) is 0.728. The molecule has 0 amide bonds. The lowest BCUT2D eigenvalue weighted by molar-refractivity contribution is 0.430. The van der Waals surface area contributed by atoms with E-state index in [-0.39, 0.29) is 11.9 Å². The van der Waals surface area contributed by atoms with Crippen molar-refractivity contribution >= 4 is 15.9 Å². The van der Waals surface area contributed by atoms with Gasteiger partial charge in [0.15, 0.2) is 0 Å². The standard InChI is InChI=1S/C15H23BrFN/c1-4-5-6-7-11(2)18-12(3)14-10-13(16)8-9-15(14)17/h8-12,18H,4-7H2,1-3H3. The van der Waals surface area contributed by atoms with Crippen LogP contribution in [0.3, 0.4) is 0 Å². The van der Waals surface area contributed by atoms with Gasteiger partial charge in [-0.25, -0.2) is 4.39 Å². The van der Waals surface area contributed by atoms with E-state index in [1.807, 2.05) is 13.0 Å². The molecule has 1 rings (SSSR count). The molecule has 0 aliphatic heterocycles. The summed E-state index contributed by atoms with van der Waals surface area (Å²) in [4.78, 5) is 0. The number of unbranched alkanes of at least 4 members (excludes halogenated alkanes) is 2. The molecule has 1 aromatic rings. The third kappa shape index (κ3) is 5.07. The fourth-order valence-electron chi connectivity index (χ4n) is 2.15. The lowest BCUT2D eigenvalue weighted by Gasteiger charge is -2.21. The highest BCUT2D eigenvalue weighted by Gasteiger charge is 2.13. The van der Waals surface area contributed by atoms with Gasteiger partial charge in [-0.05, 0) is 38.5 Å². The average Bonchev–Trinajstić information content (AvgIpc) is 2.32. The van der Waals surface area contributed by atoms with Gasteiger partial charge in [-0.3, -0.25) is 0 Å². The molecule has 0 aromatic heterocycles. The van der Waals surface area contributed by atoms with Crippen molar-refractivity contribution in [1.29, 1.82) is 0 Å². The van der Waals surface area contributed by atoms with Crippen molar-refractivity contribution in [3.63, 3.8) is 0 Å². The third-order valence-corrected chi connectivity index (χ3v) is 3.69. The average molecular weight is 316 g/mol. The van der Waals surface area contributed by atoms with Gasteiger partial charge in [-0.2, -0.15) is 0 Å². The molecule has 0 radical (unpaired) electrons. The van der Waals surface area contributed by atoms with Crippen LogP contribution in [0, 0.1) is 5.82 Å². The maximum Gasteiger partial charge on any atom is 0.128 e. The quantitative estimate of drug-likeness (QED) is 0.681. The summed E-state index contributed by atoms with van der Waals surface area (Å²) in [6.07, 6.45) is 4.89. The minimum atomic E-state index is -0.140. The van der Waals surface area contributed by atoms with Crippen LogP contribution < -0.4 is 5.32 Å². The first-order chi connectivity index (χ1) is 8.54.